The maximum atomic E-state index is 13.1. The minimum absolute atomic E-state index is 0.235. The minimum atomic E-state index is -0.726. The number of ether oxygens (including phenoxy) is 2. The van der Waals surface area contributed by atoms with E-state index in [9.17, 15) is 9.59 Å². The molecule has 1 aromatic heterocycles. The molecule has 0 radical (unpaired) electrons. The Bertz CT molecular complexity index is 1060. The molecule has 0 saturated carbocycles. The number of benzene rings is 2. The van der Waals surface area contributed by atoms with Crippen molar-refractivity contribution < 1.29 is 19.1 Å². The number of nitrogens with zero attached hydrogens (tertiary/aromatic N) is 2. The Morgan fingerprint density at radius 1 is 1.03 bits per heavy atom. The molecule has 0 fully saturated rings. The van der Waals surface area contributed by atoms with Crippen LogP contribution in [-0.4, -0.2) is 41.5 Å². The normalized spacial score (nSPS) is 11.4. The number of nitrogens with one attached hydrogen (secondary N) is 1. The van der Waals surface area contributed by atoms with Crippen molar-refractivity contribution in [2.75, 3.05) is 13.7 Å². The molecule has 3 rings (SSSR count). The molecular weight excluding hydrogens is 442 g/mol. The lowest BCUT2D eigenvalue weighted by Gasteiger charge is -2.29. The Morgan fingerprint density at radius 3 is 2.39 bits per heavy atom. The van der Waals surface area contributed by atoms with Gasteiger partial charge in [0, 0.05) is 25.5 Å². The summed E-state index contributed by atoms with van der Waals surface area (Å²) in [6.45, 7) is 2.02. The average molecular weight is 468 g/mol. The van der Waals surface area contributed by atoms with Gasteiger partial charge in [-0.05, 0) is 54.4 Å². The van der Waals surface area contributed by atoms with E-state index in [0.29, 0.717) is 23.1 Å². The van der Waals surface area contributed by atoms with E-state index in [2.05, 4.69) is 10.3 Å². The number of carbonyl (C=O) groups excluding carboxylic acids is 2. The summed E-state index contributed by atoms with van der Waals surface area (Å²) in [5.74, 6) is 0.511. The summed E-state index contributed by atoms with van der Waals surface area (Å²) < 4.78 is 10.8. The number of halogens is 1. The Labute approximate surface area is 198 Å². The van der Waals surface area contributed by atoms with E-state index in [1.807, 2.05) is 36.4 Å². The zero-order valence-corrected chi connectivity index (χ0v) is 19.3. The quantitative estimate of drug-likeness (QED) is 0.489. The molecule has 0 bridgehead atoms. The van der Waals surface area contributed by atoms with Gasteiger partial charge in [0.2, 0.25) is 5.91 Å². The van der Waals surface area contributed by atoms with Crippen molar-refractivity contribution in [3.8, 4) is 11.5 Å². The third kappa shape index (κ3) is 6.95. The van der Waals surface area contributed by atoms with Crippen LogP contribution in [0.1, 0.15) is 18.1 Å². The summed E-state index contributed by atoms with van der Waals surface area (Å²) in [5, 5.41) is 3.29. The van der Waals surface area contributed by atoms with Crippen LogP contribution < -0.4 is 14.8 Å². The third-order valence-electron chi connectivity index (χ3n) is 5.08. The number of amides is 2. The smallest absolute Gasteiger partial charge is 0.261 e. The number of aromatic nitrogens is 1. The van der Waals surface area contributed by atoms with Crippen LogP contribution in [0.5, 0.6) is 11.5 Å². The first-order valence-corrected chi connectivity index (χ1v) is 10.8. The highest BCUT2D eigenvalue weighted by atomic mass is 35.5. The Morgan fingerprint density at radius 2 is 1.73 bits per heavy atom. The molecule has 8 heteroatoms. The summed E-state index contributed by atoms with van der Waals surface area (Å²) in [4.78, 5) is 31.5. The van der Waals surface area contributed by atoms with Crippen molar-refractivity contribution in [3.05, 3.63) is 89.2 Å². The second-order valence-electron chi connectivity index (χ2n) is 7.34. The van der Waals surface area contributed by atoms with Gasteiger partial charge in [0.15, 0.2) is 6.61 Å². The van der Waals surface area contributed by atoms with Crippen molar-refractivity contribution >= 4 is 23.4 Å². The van der Waals surface area contributed by atoms with E-state index < -0.39 is 6.04 Å². The van der Waals surface area contributed by atoms with Crippen molar-refractivity contribution in [1.82, 2.24) is 15.2 Å². The van der Waals surface area contributed by atoms with Crippen molar-refractivity contribution in [1.29, 1.82) is 0 Å². The van der Waals surface area contributed by atoms with Crippen molar-refractivity contribution in [3.63, 3.8) is 0 Å². The fraction of sp³-hybridized carbons (Fsp3) is 0.240. The van der Waals surface area contributed by atoms with E-state index in [0.717, 1.165) is 11.1 Å². The van der Waals surface area contributed by atoms with E-state index in [1.165, 1.54) is 4.90 Å². The number of hydrogen-bond donors (Lipinski definition) is 1. The van der Waals surface area contributed by atoms with Crippen LogP contribution in [0.4, 0.5) is 0 Å². The van der Waals surface area contributed by atoms with Crippen LogP contribution in [-0.2, 0) is 22.7 Å². The van der Waals surface area contributed by atoms with Crippen LogP contribution in [0.15, 0.2) is 73.1 Å². The molecule has 2 aromatic carbocycles. The molecule has 1 unspecified atom stereocenters. The Hall–Kier alpha value is -3.58. The van der Waals surface area contributed by atoms with Crippen molar-refractivity contribution in [2.24, 2.45) is 0 Å². The van der Waals surface area contributed by atoms with Crippen LogP contribution in [0.2, 0.25) is 5.02 Å². The van der Waals surface area contributed by atoms with Gasteiger partial charge in [-0.3, -0.25) is 14.6 Å². The number of pyridine rings is 1. The van der Waals surface area contributed by atoms with Gasteiger partial charge >= 0.3 is 0 Å². The van der Waals surface area contributed by atoms with Crippen LogP contribution >= 0.6 is 11.6 Å². The molecule has 1 atom stereocenters. The van der Waals surface area contributed by atoms with Gasteiger partial charge in [0.25, 0.3) is 5.91 Å². The predicted octanol–water partition coefficient (Wildman–Crippen LogP) is 3.86. The van der Waals surface area contributed by atoms with Crippen LogP contribution in [0, 0.1) is 0 Å². The summed E-state index contributed by atoms with van der Waals surface area (Å²) >= 11 is 6.13. The highest BCUT2D eigenvalue weighted by Crippen LogP contribution is 2.23. The first kappa shape index (κ1) is 24.1. The first-order valence-electron chi connectivity index (χ1n) is 10.4. The Balaban J connectivity index is 1.71. The molecule has 33 heavy (non-hydrogen) atoms. The molecule has 2 amide bonds. The number of hydrogen-bond acceptors (Lipinski definition) is 5. The molecule has 0 spiro atoms. The topological polar surface area (TPSA) is 80.8 Å². The van der Waals surface area contributed by atoms with Gasteiger partial charge in [-0.15, -0.1) is 0 Å². The second-order valence-corrected chi connectivity index (χ2v) is 7.75. The minimum Gasteiger partial charge on any atom is -0.497 e. The van der Waals surface area contributed by atoms with Gasteiger partial charge in [0.05, 0.1) is 12.1 Å². The van der Waals surface area contributed by atoms with Gasteiger partial charge in [-0.25, -0.2) is 0 Å². The summed E-state index contributed by atoms with van der Waals surface area (Å²) in [7, 11) is 1.59. The van der Waals surface area contributed by atoms with Crippen LogP contribution in [0.25, 0.3) is 0 Å². The molecule has 1 N–H and O–H groups in total. The number of rotatable bonds is 10. The summed E-state index contributed by atoms with van der Waals surface area (Å²) in [6.07, 6.45) is 3.33. The van der Waals surface area contributed by atoms with E-state index in [4.69, 9.17) is 21.1 Å². The fourth-order valence-electron chi connectivity index (χ4n) is 3.13. The summed E-state index contributed by atoms with van der Waals surface area (Å²) in [6, 6.07) is 17.2. The zero-order valence-electron chi connectivity index (χ0n) is 18.5. The van der Waals surface area contributed by atoms with Gasteiger partial charge < -0.3 is 19.7 Å². The fourth-order valence-corrected chi connectivity index (χ4v) is 3.32. The third-order valence-corrected chi connectivity index (χ3v) is 5.40. The average Bonchev–Trinajstić information content (AvgIpc) is 2.85. The van der Waals surface area contributed by atoms with Gasteiger partial charge in [-0.1, -0.05) is 35.9 Å². The van der Waals surface area contributed by atoms with Crippen molar-refractivity contribution in [2.45, 2.75) is 26.1 Å². The highest BCUT2D eigenvalue weighted by molar-refractivity contribution is 6.32. The largest absolute Gasteiger partial charge is 0.497 e. The molecule has 0 aliphatic rings. The van der Waals surface area contributed by atoms with Gasteiger partial charge in [-0.2, -0.15) is 0 Å². The lowest BCUT2D eigenvalue weighted by Crippen LogP contribution is -2.48. The van der Waals surface area contributed by atoms with Gasteiger partial charge in [0.1, 0.15) is 17.5 Å². The molecule has 1 heterocycles. The predicted molar refractivity (Wildman–Crippen MR) is 126 cm³/mol. The molecule has 172 valence electrons. The molecule has 0 aliphatic carbocycles. The lowest BCUT2D eigenvalue weighted by atomic mass is 10.1. The lowest BCUT2D eigenvalue weighted by molar-refractivity contribution is -0.142. The number of para-hydroxylation sites is 1. The molecule has 7 nitrogen and oxygen atoms in total. The van der Waals surface area contributed by atoms with Crippen LogP contribution in [0.3, 0.4) is 0 Å². The first-order chi connectivity index (χ1) is 16.0. The Kier molecular flexibility index (Phi) is 8.66. The molecule has 0 saturated heterocycles. The maximum absolute atomic E-state index is 13.1. The molecule has 3 aromatic rings. The van der Waals surface area contributed by atoms with E-state index >= 15 is 0 Å². The standard InChI is InChI=1S/C25H26ClN3O4/c1-18(25(31)28-15-19-11-13-27-14-12-19)29(16-20-7-9-21(32-2)10-8-20)24(30)17-33-23-6-4-3-5-22(23)26/h3-14,18H,15-17H2,1-2H3,(H,28,31). The molecular formula is C25H26ClN3O4. The molecule has 0 aliphatic heterocycles. The maximum Gasteiger partial charge on any atom is 0.261 e. The second kappa shape index (κ2) is 11.9. The number of methoxy groups -OCH3 is 1. The monoisotopic (exact) mass is 467 g/mol. The van der Waals surface area contributed by atoms with E-state index in [1.54, 1.807) is 50.7 Å². The zero-order chi connectivity index (χ0) is 23.6. The summed E-state index contributed by atoms with van der Waals surface area (Å²) in [5.41, 5.74) is 1.77. The van der Waals surface area contributed by atoms with E-state index in [-0.39, 0.29) is 25.0 Å². The SMILES string of the molecule is COc1ccc(CN(C(=O)COc2ccccc2Cl)C(C)C(=O)NCc2ccncc2)cc1. The number of carbonyl (C=O) groups is 2. The highest BCUT2D eigenvalue weighted by Gasteiger charge is 2.26.